The standard InChI is InChI=1S/C21H24N2O3S/c1-14-7-8-17-18(9-14)27-20-19(17)21(25)23(13-22-20)10-16(24)12-26-11-15-5-3-2-4-6-15/h2-6,13-14,16,24H,7-12H2,1H3/t14-,16+/m1/s1. The lowest BCUT2D eigenvalue weighted by atomic mass is 9.89. The van der Waals surface area contributed by atoms with Gasteiger partial charge in [-0.1, -0.05) is 37.3 Å². The summed E-state index contributed by atoms with van der Waals surface area (Å²) in [6, 6.07) is 9.83. The molecule has 2 aromatic heterocycles. The molecule has 27 heavy (non-hydrogen) atoms. The summed E-state index contributed by atoms with van der Waals surface area (Å²) in [6.07, 6.45) is 3.89. The first-order chi connectivity index (χ1) is 13.1. The number of hydrogen-bond acceptors (Lipinski definition) is 5. The van der Waals surface area contributed by atoms with Crippen LogP contribution in [0, 0.1) is 5.92 Å². The van der Waals surface area contributed by atoms with Crippen LogP contribution in [0.5, 0.6) is 0 Å². The van der Waals surface area contributed by atoms with Crippen LogP contribution in [0.1, 0.15) is 29.3 Å². The van der Waals surface area contributed by atoms with Crippen molar-refractivity contribution in [2.75, 3.05) is 6.61 Å². The number of fused-ring (bicyclic) bond motifs is 3. The highest BCUT2D eigenvalue weighted by molar-refractivity contribution is 7.18. The van der Waals surface area contributed by atoms with Gasteiger partial charge in [-0.15, -0.1) is 11.3 Å². The lowest BCUT2D eigenvalue weighted by Gasteiger charge is -2.17. The quantitative estimate of drug-likeness (QED) is 0.709. The Labute approximate surface area is 162 Å². The molecule has 1 aromatic carbocycles. The van der Waals surface area contributed by atoms with Crippen molar-refractivity contribution in [3.8, 4) is 0 Å². The number of hydrogen-bond donors (Lipinski definition) is 1. The molecule has 5 nitrogen and oxygen atoms in total. The molecule has 0 amide bonds. The van der Waals surface area contributed by atoms with Gasteiger partial charge in [-0.05, 0) is 36.3 Å². The fourth-order valence-electron chi connectivity index (χ4n) is 3.66. The molecule has 2 heterocycles. The number of aryl methyl sites for hydroxylation is 1. The molecule has 2 atom stereocenters. The van der Waals surface area contributed by atoms with Gasteiger partial charge >= 0.3 is 0 Å². The average Bonchev–Trinajstić information content (AvgIpc) is 3.03. The van der Waals surface area contributed by atoms with Gasteiger partial charge in [-0.3, -0.25) is 9.36 Å². The highest BCUT2D eigenvalue weighted by Crippen LogP contribution is 2.35. The van der Waals surface area contributed by atoms with Crippen molar-refractivity contribution in [3.63, 3.8) is 0 Å². The largest absolute Gasteiger partial charge is 0.389 e. The molecule has 3 aromatic rings. The number of benzene rings is 1. The highest BCUT2D eigenvalue weighted by atomic mass is 32.1. The van der Waals surface area contributed by atoms with Crippen LogP contribution in [0.3, 0.4) is 0 Å². The Kier molecular flexibility index (Phi) is 5.38. The van der Waals surface area contributed by atoms with E-state index in [2.05, 4.69) is 11.9 Å². The van der Waals surface area contributed by atoms with E-state index in [0.717, 1.165) is 35.0 Å². The molecule has 0 saturated heterocycles. The molecule has 0 aliphatic heterocycles. The van der Waals surface area contributed by atoms with E-state index in [-0.39, 0.29) is 18.7 Å². The number of aromatic nitrogens is 2. The highest BCUT2D eigenvalue weighted by Gasteiger charge is 2.23. The Bertz CT molecular complexity index is 980. The van der Waals surface area contributed by atoms with E-state index in [0.29, 0.717) is 12.5 Å². The summed E-state index contributed by atoms with van der Waals surface area (Å²) in [5.74, 6) is 0.663. The van der Waals surface area contributed by atoms with E-state index in [1.54, 1.807) is 17.7 Å². The van der Waals surface area contributed by atoms with E-state index < -0.39 is 6.10 Å². The van der Waals surface area contributed by atoms with Crippen molar-refractivity contribution in [1.82, 2.24) is 9.55 Å². The second-order valence-electron chi connectivity index (χ2n) is 7.39. The Morgan fingerprint density at radius 2 is 2.19 bits per heavy atom. The van der Waals surface area contributed by atoms with Gasteiger partial charge in [0, 0.05) is 4.88 Å². The molecule has 0 unspecified atom stereocenters. The number of nitrogens with zero attached hydrogens (tertiary/aromatic N) is 2. The molecule has 6 heteroatoms. The molecule has 0 bridgehead atoms. The van der Waals surface area contributed by atoms with E-state index in [1.165, 1.54) is 15.0 Å². The Hall–Kier alpha value is -2.02. The van der Waals surface area contributed by atoms with Gasteiger partial charge in [0.05, 0.1) is 37.6 Å². The number of ether oxygens (including phenoxy) is 1. The minimum Gasteiger partial charge on any atom is -0.389 e. The van der Waals surface area contributed by atoms with Crippen LogP contribution >= 0.6 is 11.3 Å². The first-order valence-electron chi connectivity index (χ1n) is 9.41. The third-order valence-corrected chi connectivity index (χ3v) is 6.27. The van der Waals surface area contributed by atoms with Crippen LogP contribution in [0.4, 0.5) is 0 Å². The van der Waals surface area contributed by atoms with Crippen LogP contribution in [0.15, 0.2) is 41.5 Å². The fraction of sp³-hybridized carbons (Fsp3) is 0.429. The van der Waals surface area contributed by atoms with E-state index in [4.69, 9.17) is 4.74 Å². The van der Waals surface area contributed by atoms with Crippen LogP contribution in [0.2, 0.25) is 0 Å². The SMILES string of the molecule is C[C@@H]1CCc2c(sc3ncn(C[C@H](O)COCc4ccccc4)c(=O)c23)C1. The summed E-state index contributed by atoms with van der Waals surface area (Å²) in [5.41, 5.74) is 2.19. The minimum absolute atomic E-state index is 0.0471. The predicted octanol–water partition coefficient (Wildman–Crippen LogP) is 3.16. The van der Waals surface area contributed by atoms with Crippen molar-refractivity contribution in [1.29, 1.82) is 0 Å². The van der Waals surface area contributed by atoms with Gasteiger partial charge in [0.2, 0.25) is 0 Å². The third kappa shape index (κ3) is 3.98. The molecule has 142 valence electrons. The molecule has 0 radical (unpaired) electrons. The van der Waals surface area contributed by atoms with Gasteiger partial charge in [0.1, 0.15) is 4.83 Å². The lowest BCUT2D eigenvalue weighted by Crippen LogP contribution is -2.29. The number of aliphatic hydroxyl groups is 1. The summed E-state index contributed by atoms with van der Waals surface area (Å²) >= 11 is 1.65. The summed E-state index contributed by atoms with van der Waals surface area (Å²) in [4.78, 5) is 19.6. The van der Waals surface area contributed by atoms with E-state index in [9.17, 15) is 9.90 Å². The van der Waals surface area contributed by atoms with Crippen molar-refractivity contribution in [3.05, 3.63) is 63.0 Å². The Morgan fingerprint density at radius 3 is 3.00 bits per heavy atom. The maximum atomic E-state index is 13.0. The maximum absolute atomic E-state index is 13.0. The lowest BCUT2D eigenvalue weighted by molar-refractivity contribution is 0.0198. The second-order valence-corrected chi connectivity index (χ2v) is 8.47. The monoisotopic (exact) mass is 384 g/mol. The normalized spacial score (nSPS) is 17.8. The zero-order chi connectivity index (χ0) is 18.8. The molecular formula is C21H24N2O3S. The summed E-state index contributed by atoms with van der Waals surface area (Å²) < 4.78 is 7.10. The molecule has 0 spiro atoms. The molecule has 4 rings (SSSR count). The fourth-order valence-corrected chi connectivity index (χ4v) is 5.00. The van der Waals surface area contributed by atoms with Gasteiger partial charge in [-0.25, -0.2) is 4.98 Å². The van der Waals surface area contributed by atoms with Crippen molar-refractivity contribution in [2.45, 2.75) is 45.4 Å². The zero-order valence-corrected chi connectivity index (χ0v) is 16.2. The van der Waals surface area contributed by atoms with Gasteiger partial charge in [0.15, 0.2) is 0 Å². The maximum Gasteiger partial charge on any atom is 0.262 e. The van der Waals surface area contributed by atoms with Crippen molar-refractivity contribution < 1.29 is 9.84 Å². The van der Waals surface area contributed by atoms with Crippen LogP contribution in [-0.2, 0) is 30.7 Å². The average molecular weight is 385 g/mol. The first kappa shape index (κ1) is 18.3. The molecule has 0 fully saturated rings. The zero-order valence-electron chi connectivity index (χ0n) is 15.4. The third-order valence-electron chi connectivity index (χ3n) is 5.11. The summed E-state index contributed by atoms with van der Waals surface area (Å²) in [5, 5.41) is 11.0. The molecule has 0 saturated carbocycles. The molecule has 1 aliphatic carbocycles. The number of thiophene rings is 1. The Morgan fingerprint density at radius 1 is 1.37 bits per heavy atom. The summed E-state index contributed by atoms with van der Waals surface area (Å²) in [7, 11) is 0. The molecule has 1 aliphatic rings. The predicted molar refractivity (Wildman–Crippen MR) is 107 cm³/mol. The Balaban J connectivity index is 1.45. The second kappa shape index (κ2) is 7.92. The first-order valence-corrected chi connectivity index (χ1v) is 10.2. The minimum atomic E-state index is -0.750. The van der Waals surface area contributed by atoms with Gasteiger partial charge < -0.3 is 9.84 Å². The smallest absolute Gasteiger partial charge is 0.262 e. The number of aliphatic hydroxyl groups excluding tert-OH is 1. The van der Waals surface area contributed by atoms with Crippen molar-refractivity contribution in [2.24, 2.45) is 5.92 Å². The van der Waals surface area contributed by atoms with Gasteiger partial charge in [-0.2, -0.15) is 0 Å². The topological polar surface area (TPSA) is 64.3 Å². The van der Waals surface area contributed by atoms with Crippen LogP contribution in [-0.4, -0.2) is 27.4 Å². The number of rotatable bonds is 6. The van der Waals surface area contributed by atoms with Crippen LogP contribution in [0.25, 0.3) is 10.2 Å². The molecule has 1 N–H and O–H groups in total. The van der Waals surface area contributed by atoms with Crippen LogP contribution < -0.4 is 5.56 Å². The van der Waals surface area contributed by atoms with E-state index >= 15 is 0 Å². The summed E-state index contributed by atoms with van der Waals surface area (Å²) in [6.45, 7) is 3.07. The molecular weight excluding hydrogens is 360 g/mol. The van der Waals surface area contributed by atoms with Crippen molar-refractivity contribution >= 4 is 21.6 Å². The van der Waals surface area contributed by atoms with E-state index in [1.807, 2.05) is 30.3 Å². The van der Waals surface area contributed by atoms with Gasteiger partial charge in [0.25, 0.3) is 5.56 Å².